The zero-order valence-electron chi connectivity index (χ0n) is 19.1. The zero-order chi connectivity index (χ0) is 23.0. The number of rotatable bonds is 6. The molecule has 0 spiro atoms. The first-order valence-corrected chi connectivity index (χ1v) is 12.4. The number of hydrogen-bond donors (Lipinski definition) is 1. The van der Waals surface area contributed by atoms with Crippen molar-refractivity contribution in [1.82, 2.24) is 5.32 Å². The van der Waals surface area contributed by atoms with Gasteiger partial charge in [0.2, 0.25) is 15.9 Å². The SMILES string of the molecule is CCc1ccc(N([C@H](C)C(=O)N[C@H]2CC(C)(C)Oc3ccc(C)cc32)S(C)(=O)=O)cc1. The van der Waals surface area contributed by atoms with Gasteiger partial charge in [-0.15, -0.1) is 0 Å². The fraction of sp³-hybridized carbons (Fsp3) is 0.458. The number of carbonyl (C=O) groups is 1. The molecule has 2 aromatic carbocycles. The molecule has 168 valence electrons. The summed E-state index contributed by atoms with van der Waals surface area (Å²) in [7, 11) is -3.66. The van der Waals surface area contributed by atoms with E-state index < -0.39 is 21.7 Å². The van der Waals surface area contributed by atoms with E-state index in [9.17, 15) is 13.2 Å². The van der Waals surface area contributed by atoms with E-state index in [-0.39, 0.29) is 11.9 Å². The highest BCUT2D eigenvalue weighted by atomic mass is 32.2. The van der Waals surface area contributed by atoms with Crippen molar-refractivity contribution >= 4 is 21.6 Å². The maximum Gasteiger partial charge on any atom is 0.244 e. The van der Waals surface area contributed by atoms with E-state index in [1.165, 1.54) is 4.31 Å². The molecule has 6 nitrogen and oxygen atoms in total. The summed E-state index contributed by atoms with van der Waals surface area (Å²) in [5.74, 6) is 0.398. The Balaban J connectivity index is 1.89. The summed E-state index contributed by atoms with van der Waals surface area (Å²) in [5.41, 5.74) is 3.12. The van der Waals surface area contributed by atoms with Gasteiger partial charge in [-0.3, -0.25) is 9.10 Å². The van der Waals surface area contributed by atoms with E-state index in [0.29, 0.717) is 12.1 Å². The Morgan fingerprint density at radius 1 is 1.23 bits per heavy atom. The molecule has 0 saturated carbocycles. The lowest BCUT2D eigenvalue weighted by Crippen LogP contribution is -2.50. The van der Waals surface area contributed by atoms with Crippen LogP contribution in [-0.2, 0) is 21.2 Å². The molecule has 0 unspecified atom stereocenters. The molecule has 7 heteroatoms. The summed E-state index contributed by atoms with van der Waals surface area (Å²) in [5, 5.41) is 3.08. The molecule has 0 bridgehead atoms. The number of sulfonamides is 1. The summed E-state index contributed by atoms with van der Waals surface area (Å²) in [6, 6.07) is 12.0. The Kier molecular flexibility index (Phi) is 6.37. The summed E-state index contributed by atoms with van der Waals surface area (Å²) in [6.07, 6.45) is 2.57. The second-order valence-electron chi connectivity index (χ2n) is 8.92. The third kappa shape index (κ3) is 5.21. The van der Waals surface area contributed by atoms with Gasteiger partial charge in [0.1, 0.15) is 17.4 Å². The van der Waals surface area contributed by atoms with Crippen molar-refractivity contribution in [3.05, 3.63) is 59.2 Å². The van der Waals surface area contributed by atoms with Gasteiger partial charge in [0.25, 0.3) is 0 Å². The second-order valence-corrected chi connectivity index (χ2v) is 10.8. The fourth-order valence-electron chi connectivity index (χ4n) is 4.08. The van der Waals surface area contributed by atoms with Gasteiger partial charge >= 0.3 is 0 Å². The third-order valence-corrected chi connectivity index (χ3v) is 6.87. The zero-order valence-corrected chi connectivity index (χ0v) is 19.9. The van der Waals surface area contributed by atoms with Crippen molar-refractivity contribution < 1.29 is 17.9 Å². The molecule has 1 aliphatic heterocycles. The molecule has 2 aromatic rings. The molecule has 1 aliphatic rings. The maximum atomic E-state index is 13.2. The Labute approximate surface area is 185 Å². The number of nitrogens with zero attached hydrogens (tertiary/aromatic N) is 1. The number of nitrogens with one attached hydrogen (secondary N) is 1. The van der Waals surface area contributed by atoms with Gasteiger partial charge in [-0.05, 0) is 57.9 Å². The number of fused-ring (bicyclic) bond motifs is 1. The van der Waals surface area contributed by atoms with Crippen molar-refractivity contribution in [3.63, 3.8) is 0 Å². The molecular weight excluding hydrogens is 412 g/mol. The molecule has 0 fully saturated rings. The van der Waals surface area contributed by atoms with Crippen LogP contribution in [0.2, 0.25) is 0 Å². The Hall–Kier alpha value is -2.54. The number of aryl methyl sites for hydroxylation is 2. The topological polar surface area (TPSA) is 75.7 Å². The fourth-order valence-corrected chi connectivity index (χ4v) is 5.26. The highest BCUT2D eigenvalue weighted by Gasteiger charge is 2.37. The van der Waals surface area contributed by atoms with Crippen molar-refractivity contribution in [2.45, 2.75) is 65.1 Å². The van der Waals surface area contributed by atoms with E-state index >= 15 is 0 Å². The lowest BCUT2D eigenvalue weighted by molar-refractivity contribution is -0.123. The smallest absolute Gasteiger partial charge is 0.244 e. The van der Waals surface area contributed by atoms with E-state index in [4.69, 9.17) is 4.74 Å². The maximum absolute atomic E-state index is 13.2. The lowest BCUT2D eigenvalue weighted by atomic mass is 9.89. The lowest BCUT2D eigenvalue weighted by Gasteiger charge is -2.39. The monoisotopic (exact) mass is 444 g/mol. The van der Waals surface area contributed by atoms with Crippen LogP contribution in [-0.4, -0.2) is 32.2 Å². The summed E-state index contributed by atoms with van der Waals surface area (Å²) in [4.78, 5) is 13.2. The van der Waals surface area contributed by atoms with Crippen LogP contribution < -0.4 is 14.4 Å². The average Bonchev–Trinajstić information content (AvgIpc) is 2.67. The Morgan fingerprint density at radius 2 is 1.87 bits per heavy atom. The average molecular weight is 445 g/mol. The quantitative estimate of drug-likeness (QED) is 0.727. The van der Waals surface area contributed by atoms with Crippen molar-refractivity contribution in [2.75, 3.05) is 10.6 Å². The van der Waals surface area contributed by atoms with Crippen molar-refractivity contribution in [1.29, 1.82) is 0 Å². The first-order valence-electron chi connectivity index (χ1n) is 10.6. The van der Waals surface area contributed by atoms with Crippen LogP contribution in [0.5, 0.6) is 5.75 Å². The minimum atomic E-state index is -3.66. The largest absolute Gasteiger partial charge is 0.487 e. The van der Waals surface area contributed by atoms with E-state index in [1.807, 2.05) is 58.0 Å². The molecule has 0 saturated heterocycles. The number of benzene rings is 2. The van der Waals surface area contributed by atoms with E-state index in [0.717, 1.165) is 35.1 Å². The first-order chi connectivity index (χ1) is 14.4. The van der Waals surface area contributed by atoms with Crippen LogP contribution in [0.25, 0.3) is 0 Å². The van der Waals surface area contributed by atoms with E-state index in [2.05, 4.69) is 5.32 Å². The van der Waals surface area contributed by atoms with Gasteiger partial charge in [0.15, 0.2) is 0 Å². The molecule has 2 atom stereocenters. The van der Waals surface area contributed by atoms with Crippen LogP contribution in [0.4, 0.5) is 5.69 Å². The molecule has 0 aromatic heterocycles. The highest BCUT2D eigenvalue weighted by molar-refractivity contribution is 7.92. The predicted octanol–water partition coefficient (Wildman–Crippen LogP) is 4.13. The van der Waals surface area contributed by atoms with Crippen LogP contribution in [0.3, 0.4) is 0 Å². The summed E-state index contributed by atoms with van der Waals surface area (Å²) < 4.78 is 32.5. The van der Waals surface area contributed by atoms with Crippen molar-refractivity contribution in [2.24, 2.45) is 0 Å². The minimum absolute atomic E-state index is 0.266. The molecule has 0 aliphatic carbocycles. The third-order valence-electron chi connectivity index (χ3n) is 5.63. The molecule has 1 heterocycles. The van der Waals surface area contributed by atoms with Crippen LogP contribution in [0.15, 0.2) is 42.5 Å². The number of ether oxygens (including phenoxy) is 1. The van der Waals surface area contributed by atoms with Crippen LogP contribution in [0.1, 0.15) is 56.8 Å². The molecule has 1 N–H and O–H groups in total. The van der Waals surface area contributed by atoms with Gasteiger partial charge in [0, 0.05) is 12.0 Å². The van der Waals surface area contributed by atoms with Crippen LogP contribution >= 0.6 is 0 Å². The predicted molar refractivity (Wildman–Crippen MR) is 124 cm³/mol. The Morgan fingerprint density at radius 3 is 2.45 bits per heavy atom. The van der Waals surface area contributed by atoms with Crippen LogP contribution in [0, 0.1) is 6.92 Å². The molecule has 0 radical (unpaired) electrons. The molecular formula is C24H32N2O4S. The second kappa shape index (κ2) is 8.54. The normalized spacial score (nSPS) is 18.5. The van der Waals surface area contributed by atoms with E-state index in [1.54, 1.807) is 19.1 Å². The standard InChI is InChI=1S/C24H32N2O4S/c1-7-18-9-11-19(12-10-18)26(31(6,28)29)17(3)23(27)25-21-15-24(4,5)30-22-13-8-16(2)14-20(21)22/h8-14,17,21H,7,15H2,1-6H3,(H,25,27)/t17-,21+/m1/s1. The number of anilines is 1. The van der Waals surface area contributed by atoms with Crippen molar-refractivity contribution in [3.8, 4) is 5.75 Å². The molecule has 31 heavy (non-hydrogen) atoms. The number of carbonyl (C=O) groups excluding carboxylic acids is 1. The van der Waals surface area contributed by atoms with Gasteiger partial charge in [0.05, 0.1) is 18.0 Å². The van der Waals surface area contributed by atoms with Gasteiger partial charge in [-0.25, -0.2) is 8.42 Å². The molecule has 3 rings (SSSR count). The first kappa shape index (κ1) is 23.1. The summed E-state index contributed by atoms with van der Waals surface area (Å²) >= 11 is 0. The van der Waals surface area contributed by atoms with Gasteiger partial charge in [-0.2, -0.15) is 0 Å². The number of hydrogen-bond acceptors (Lipinski definition) is 4. The van der Waals surface area contributed by atoms with Gasteiger partial charge < -0.3 is 10.1 Å². The highest BCUT2D eigenvalue weighted by Crippen LogP contribution is 2.40. The Bertz CT molecular complexity index is 1060. The molecule has 1 amide bonds. The number of amides is 1. The van der Waals surface area contributed by atoms with Gasteiger partial charge in [-0.1, -0.05) is 36.8 Å². The minimum Gasteiger partial charge on any atom is -0.487 e. The summed E-state index contributed by atoms with van der Waals surface area (Å²) in [6.45, 7) is 9.61.